The molecule has 23 heavy (non-hydrogen) atoms. The minimum Gasteiger partial charge on any atom is -0.480 e. The van der Waals surface area contributed by atoms with Crippen molar-refractivity contribution in [3.05, 3.63) is 30.1 Å². The lowest BCUT2D eigenvalue weighted by Gasteiger charge is -2.25. The third-order valence-electron chi connectivity index (χ3n) is 4.14. The fourth-order valence-corrected chi connectivity index (χ4v) is 2.94. The van der Waals surface area contributed by atoms with Crippen molar-refractivity contribution in [2.24, 2.45) is 5.92 Å². The molecule has 1 saturated heterocycles. The summed E-state index contributed by atoms with van der Waals surface area (Å²) < 4.78 is 0. The van der Waals surface area contributed by atoms with Crippen LogP contribution in [0.3, 0.4) is 0 Å². The van der Waals surface area contributed by atoms with Crippen LogP contribution in [0.15, 0.2) is 24.5 Å². The Balaban J connectivity index is 2.20. The Kier molecular flexibility index (Phi) is 5.31. The lowest BCUT2D eigenvalue weighted by molar-refractivity contribution is -0.142. The first-order valence-corrected chi connectivity index (χ1v) is 7.64. The number of pyridine rings is 1. The molecule has 2 amide bonds. The topological polar surface area (TPSA) is 99.6 Å². The summed E-state index contributed by atoms with van der Waals surface area (Å²) in [6.07, 6.45) is 4.32. The van der Waals surface area contributed by atoms with Crippen molar-refractivity contribution in [2.75, 3.05) is 7.05 Å². The van der Waals surface area contributed by atoms with Gasteiger partial charge >= 0.3 is 5.97 Å². The number of carbonyl (C=O) groups is 3. The Morgan fingerprint density at radius 3 is 2.83 bits per heavy atom. The van der Waals surface area contributed by atoms with Crippen LogP contribution >= 0.6 is 0 Å². The lowest BCUT2D eigenvalue weighted by Crippen LogP contribution is -2.44. The van der Waals surface area contributed by atoms with E-state index in [9.17, 15) is 19.5 Å². The van der Waals surface area contributed by atoms with Crippen molar-refractivity contribution in [1.29, 1.82) is 0 Å². The summed E-state index contributed by atoms with van der Waals surface area (Å²) in [7, 11) is 1.65. The monoisotopic (exact) mass is 319 g/mol. The van der Waals surface area contributed by atoms with Gasteiger partial charge in [-0.2, -0.15) is 0 Å². The number of likely N-dealkylation sites (tertiary alicyclic amines) is 1. The Morgan fingerprint density at radius 2 is 2.26 bits per heavy atom. The lowest BCUT2D eigenvalue weighted by atomic mass is 9.93. The van der Waals surface area contributed by atoms with Crippen LogP contribution in [0.2, 0.25) is 0 Å². The highest BCUT2D eigenvalue weighted by Crippen LogP contribution is 2.36. The van der Waals surface area contributed by atoms with Crippen molar-refractivity contribution < 1.29 is 19.5 Å². The smallest absolute Gasteiger partial charge is 0.326 e. The molecular formula is C16H21N3O4. The summed E-state index contributed by atoms with van der Waals surface area (Å²) in [5.41, 5.74) is 0.767. The van der Waals surface area contributed by atoms with Gasteiger partial charge in [0.05, 0.1) is 12.0 Å². The number of hydrogen-bond acceptors (Lipinski definition) is 4. The normalized spacial score (nSPS) is 22.0. The molecule has 0 bridgehead atoms. The van der Waals surface area contributed by atoms with Gasteiger partial charge in [0.2, 0.25) is 11.8 Å². The van der Waals surface area contributed by atoms with Crippen molar-refractivity contribution in [3.8, 4) is 0 Å². The van der Waals surface area contributed by atoms with E-state index >= 15 is 0 Å². The summed E-state index contributed by atoms with van der Waals surface area (Å²) in [5, 5.41) is 11.7. The van der Waals surface area contributed by atoms with Gasteiger partial charge in [0.15, 0.2) is 0 Å². The van der Waals surface area contributed by atoms with E-state index in [-0.39, 0.29) is 12.3 Å². The van der Waals surface area contributed by atoms with Crippen LogP contribution in [-0.2, 0) is 14.4 Å². The van der Waals surface area contributed by atoms with E-state index in [0.717, 1.165) is 5.56 Å². The highest BCUT2D eigenvalue weighted by Gasteiger charge is 2.43. The second kappa shape index (κ2) is 7.21. The maximum absolute atomic E-state index is 12.5. The van der Waals surface area contributed by atoms with Gasteiger partial charge in [-0.3, -0.25) is 14.6 Å². The maximum atomic E-state index is 12.5. The highest BCUT2D eigenvalue weighted by molar-refractivity contribution is 5.92. The van der Waals surface area contributed by atoms with Crippen molar-refractivity contribution in [1.82, 2.24) is 15.2 Å². The third kappa shape index (κ3) is 3.67. The van der Waals surface area contributed by atoms with E-state index in [2.05, 4.69) is 10.3 Å². The molecule has 3 unspecified atom stereocenters. The number of hydrogen-bond donors (Lipinski definition) is 2. The number of aliphatic carboxylic acids is 1. The van der Waals surface area contributed by atoms with E-state index < -0.39 is 29.9 Å². The molecule has 7 nitrogen and oxygen atoms in total. The van der Waals surface area contributed by atoms with Gasteiger partial charge in [-0.25, -0.2) is 4.79 Å². The molecule has 0 radical (unpaired) electrons. The number of amides is 2. The number of rotatable bonds is 6. The van der Waals surface area contributed by atoms with Crippen LogP contribution in [0.1, 0.15) is 37.8 Å². The molecule has 1 aliphatic rings. The van der Waals surface area contributed by atoms with Crippen LogP contribution in [0.5, 0.6) is 0 Å². The van der Waals surface area contributed by atoms with Gasteiger partial charge in [0.1, 0.15) is 6.04 Å². The molecular weight excluding hydrogens is 298 g/mol. The van der Waals surface area contributed by atoms with Gasteiger partial charge in [0, 0.05) is 25.9 Å². The maximum Gasteiger partial charge on any atom is 0.326 e. The Morgan fingerprint density at radius 1 is 1.52 bits per heavy atom. The molecule has 2 N–H and O–H groups in total. The van der Waals surface area contributed by atoms with E-state index in [1.54, 1.807) is 25.5 Å². The molecule has 0 spiro atoms. The number of nitrogens with zero attached hydrogens (tertiary/aromatic N) is 2. The van der Waals surface area contributed by atoms with E-state index in [4.69, 9.17) is 0 Å². The van der Waals surface area contributed by atoms with Crippen LogP contribution in [0.4, 0.5) is 0 Å². The van der Waals surface area contributed by atoms with Crippen LogP contribution in [-0.4, -0.2) is 45.9 Å². The van der Waals surface area contributed by atoms with E-state index in [1.807, 2.05) is 13.0 Å². The van der Waals surface area contributed by atoms with Crippen molar-refractivity contribution in [3.63, 3.8) is 0 Å². The summed E-state index contributed by atoms with van der Waals surface area (Å²) in [6.45, 7) is 1.85. The molecule has 0 aromatic carbocycles. The molecule has 1 aromatic heterocycles. The zero-order valence-corrected chi connectivity index (χ0v) is 13.2. The molecule has 1 fully saturated rings. The van der Waals surface area contributed by atoms with Gasteiger partial charge < -0.3 is 15.3 Å². The molecule has 2 heterocycles. The molecule has 0 aliphatic carbocycles. The number of aromatic nitrogens is 1. The van der Waals surface area contributed by atoms with Gasteiger partial charge in [-0.1, -0.05) is 19.4 Å². The van der Waals surface area contributed by atoms with Crippen molar-refractivity contribution in [2.45, 2.75) is 38.3 Å². The number of carbonyl (C=O) groups excluding carboxylic acids is 2. The fraction of sp³-hybridized carbons (Fsp3) is 0.500. The minimum atomic E-state index is -1.06. The van der Waals surface area contributed by atoms with E-state index in [1.165, 1.54) is 4.90 Å². The standard InChI is InChI=1S/C16H21N3O4/c1-3-5-12(16(22)23)18-15(21)11-8-13(20)19(2)14(11)10-6-4-7-17-9-10/h4,6-7,9,11-12,14H,3,5,8H2,1-2H3,(H,18,21)(H,22,23). The number of carboxylic acids is 1. The SMILES string of the molecule is CCCC(NC(=O)C1CC(=O)N(C)C1c1cccnc1)C(=O)O. The first-order valence-electron chi connectivity index (χ1n) is 7.64. The quantitative estimate of drug-likeness (QED) is 0.814. The Bertz CT molecular complexity index is 590. The largest absolute Gasteiger partial charge is 0.480 e. The zero-order chi connectivity index (χ0) is 17.0. The Hall–Kier alpha value is -2.44. The second-order valence-corrected chi connectivity index (χ2v) is 5.73. The first-order chi connectivity index (χ1) is 11.0. The number of carboxylic acid groups (broad SMARTS) is 1. The third-order valence-corrected chi connectivity index (χ3v) is 4.14. The van der Waals surface area contributed by atoms with Crippen LogP contribution in [0.25, 0.3) is 0 Å². The van der Waals surface area contributed by atoms with E-state index in [0.29, 0.717) is 12.8 Å². The summed E-state index contributed by atoms with van der Waals surface area (Å²) in [4.78, 5) is 41.3. The van der Waals surface area contributed by atoms with Crippen molar-refractivity contribution >= 4 is 17.8 Å². The predicted molar refractivity (Wildman–Crippen MR) is 82.3 cm³/mol. The number of nitrogens with one attached hydrogen (secondary N) is 1. The predicted octanol–water partition coefficient (Wildman–Crippen LogP) is 0.970. The molecule has 3 atom stereocenters. The fourth-order valence-electron chi connectivity index (χ4n) is 2.94. The van der Waals surface area contributed by atoms with Crippen LogP contribution < -0.4 is 5.32 Å². The molecule has 124 valence electrons. The molecule has 1 aliphatic heterocycles. The highest BCUT2D eigenvalue weighted by atomic mass is 16.4. The Labute approximate surface area is 134 Å². The second-order valence-electron chi connectivity index (χ2n) is 5.73. The minimum absolute atomic E-state index is 0.0698. The van der Waals surface area contributed by atoms with Crippen LogP contribution in [0, 0.1) is 5.92 Å². The average Bonchev–Trinajstić information content (AvgIpc) is 2.83. The van der Waals surface area contributed by atoms with Gasteiger partial charge in [-0.15, -0.1) is 0 Å². The summed E-state index contributed by atoms with van der Waals surface area (Å²) in [5.74, 6) is -2.22. The average molecular weight is 319 g/mol. The molecule has 1 aromatic rings. The molecule has 2 rings (SSSR count). The first kappa shape index (κ1) is 16.9. The molecule has 7 heteroatoms. The zero-order valence-electron chi connectivity index (χ0n) is 13.2. The van der Waals surface area contributed by atoms with Gasteiger partial charge in [0.25, 0.3) is 0 Å². The van der Waals surface area contributed by atoms with Gasteiger partial charge in [-0.05, 0) is 18.1 Å². The summed E-state index contributed by atoms with van der Waals surface area (Å²) in [6, 6.07) is 2.21. The summed E-state index contributed by atoms with van der Waals surface area (Å²) >= 11 is 0. The molecule has 0 saturated carbocycles.